The quantitative estimate of drug-likeness (QED) is 0.780. The Labute approximate surface area is 135 Å². The SMILES string of the molecule is CCOC(=O)c1ccc(S(=O)(=O)NCCc2ccncc2)cc1. The maximum absolute atomic E-state index is 12.2. The first-order valence-electron chi connectivity index (χ1n) is 7.18. The smallest absolute Gasteiger partial charge is 0.338 e. The molecule has 6 nitrogen and oxygen atoms in total. The van der Waals surface area contributed by atoms with Crippen molar-refractivity contribution < 1.29 is 17.9 Å². The number of ether oxygens (including phenoxy) is 1. The van der Waals surface area contributed by atoms with Crippen molar-refractivity contribution in [3.63, 3.8) is 0 Å². The van der Waals surface area contributed by atoms with Crippen molar-refractivity contribution in [2.24, 2.45) is 0 Å². The molecular weight excluding hydrogens is 316 g/mol. The van der Waals surface area contributed by atoms with E-state index in [4.69, 9.17) is 4.74 Å². The largest absolute Gasteiger partial charge is 0.462 e. The van der Waals surface area contributed by atoms with Crippen LogP contribution in [0.4, 0.5) is 0 Å². The Balaban J connectivity index is 1.97. The summed E-state index contributed by atoms with van der Waals surface area (Å²) in [5.74, 6) is -0.470. The molecule has 2 rings (SSSR count). The van der Waals surface area contributed by atoms with E-state index >= 15 is 0 Å². The topological polar surface area (TPSA) is 85.4 Å². The molecule has 1 aromatic heterocycles. The number of esters is 1. The average Bonchev–Trinajstić information content (AvgIpc) is 2.56. The van der Waals surface area contributed by atoms with Crippen molar-refractivity contribution in [1.82, 2.24) is 9.71 Å². The van der Waals surface area contributed by atoms with Gasteiger partial charge in [0.15, 0.2) is 0 Å². The van der Waals surface area contributed by atoms with Gasteiger partial charge in [-0.3, -0.25) is 4.98 Å². The number of aromatic nitrogens is 1. The monoisotopic (exact) mass is 334 g/mol. The van der Waals surface area contributed by atoms with Gasteiger partial charge in [-0.25, -0.2) is 17.9 Å². The summed E-state index contributed by atoms with van der Waals surface area (Å²) >= 11 is 0. The molecule has 0 aliphatic rings. The van der Waals surface area contributed by atoms with Crippen LogP contribution in [0, 0.1) is 0 Å². The molecule has 0 aliphatic heterocycles. The number of nitrogens with zero attached hydrogens (tertiary/aromatic N) is 1. The van der Waals surface area contributed by atoms with Crippen LogP contribution in [0.5, 0.6) is 0 Å². The number of hydrogen-bond acceptors (Lipinski definition) is 5. The van der Waals surface area contributed by atoms with Gasteiger partial charge in [0.25, 0.3) is 0 Å². The molecule has 1 N–H and O–H groups in total. The fourth-order valence-corrected chi connectivity index (χ4v) is 2.98. The highest BCUT2D eigenvalue weighted by Gasteiger charge is 2.14. The first-order chi connectivity index (χ1) is 11.0. The number of benzene rings is 1. The third kappa shape index (κ3) is 4.87. The second kappa shape index (κ2) is 7.85. The van der Waals surface area contributed by atoms with Crippen LogP contribution in [0.15, 0.2) is 53.7 Å². The standard InChI is InChI=1S/C16H18N2O4S/c1-2-22-16(19)14-3-5-15(6-4-14)23(20,21)18-12-9-13-7-10-17-11-8-13/h3-8,10-11,18H,2,9,12H2,1H3. The lowest BCUT2D eigenvalue weighted by molar-refractivity contribution is 0.0526. The fraction of sp³-hybridized carbons (Fsp3) is 0.250. The minimum absolute atomic E-state index is 0.111. The minimum atomic E-state index is -3.60. The van der Waals surface area contributed by atoms with Gasteiger partial charge in [0.1, 0.15) is 0 Å². The Bertz CT molecular complexity index is 743. The van der Waals surface area contributed by atoms with E-state index in [1.54, 1.807) is 19.3 Å². The maximum atomic E-state index is 12.2. The normalized spacial score (nSPS) is 11.2. The molecule has 0 radical (unpaired) electrons. The third-order valence-electron chi connectivity index (χ3n) is 3.13. The Hall–Kier alpha value is -2.25. The number of pyridine rings is 1. The van der Waals surface area contributed by atoms with Crippen molar-refractivity contribution in [3.05, 3.63) is 59.9 Å². The van der Waals surface area contributed by atoms with Crippen LogP contribution in [0.3, 0.4) is 0 Å². The van der Waals surface area contributed by atoms with Gasteiger partial charge in [-0.2, -0.15) is 0 Å². The highest BCUT2D eigenvalue weighted by Crippen LogP contribution is 2.11. The van der Waals surface area contributed by atoms with Gasteiger partial charge in [0.05, 0.1) is 17.1 Å². The summed E-state index contributed by atoms with van der Waals surface area (Å²) < 4.78 is 31.8. The molecule has 0 fully saturated rings. The van der Waals surface area contributed by atoms with Crippen LogP contribution >= 0.6 is 0 Å². The van der Waals surface area contributed by atoms with Crippen LogP contribution in [0.1, 0.15) is 22.8 Å². The molecular formula is C16H18N2O4S. The summed E-state index contributed by atoms with van der Waals surface area (Å²) in [5, 5.41) is 0. The Morgan fingerprint density at radius 2 is 1.78 bits per heavy atom. The molecule has 0 bridgehead atoms. The third-order valence-corrected chi connectivity index (χ3v) is 4.61. The highest BCUT2D eigenvalue weighted by molar-refractivity contribution is 7.89. The molecule has 0 saturated carbocycles. The lowest BCUT2D eigenvalue weighted by atomic mass is 10.2. The lowest BCUT2D eigenvalue weighted by Gasteiger charge is -2.08. The van der Waals surface area contributed by atoms with Crippen LogP contribution < -0.4 is 4.72 Å². The molecule has 0 unspecified atom stereocenters. The van der Waals surface area contributed by atoms with E-state index in [1.165, 1.54) is 24.3 Å². The van der Waals surface area contributed by atoms with Gasteiger partial charge in [-0.1, -0.05) is 0 Å². The van der Waals surface area contributed by atoms with E-state index in [1.807, 2.05) is 12.1 Å². The zero-order valence-corrected chi connectivity index (χ0v) is 13.5. The van der Waals surface area contributed by atoms with E-state index < -0.39 is 16.0 Å². The van der Waals surface area contributed by atoms with Gasteiger partial charge >= 0.3 is 5.97 Å². The van der Waals surface area contributed by atoms with Gasteiger partial charge in [0.2, 0.25) is 10.0 Å². The molecule has 0 aliphatic carbocycles. The molecule has 2 aromatic rings. The second-order valence-corrected chi connectivity index (χ2v) is 6.52. The van der Waals surface area contributed by atoms with E-state index in [9.17, 15) is 13.2 Å². The van der Waals surface area contributed by atoms with Crippen LogP contribution in [-0.4, -0.2) is 32.5 Å². The van der Waals surface area contributed by atoms with Crippen molar-refractivity contribution in [2.75, 3.05) is 13.2 Å². The van der Waals surface area contributed by atoms with Crippen LogP contribution in [0.25, 0.3) is 0 Å². The number of hydrogen-bond donors (Lipinski definition) is 1. The minimum Gasteiger partial charge on any atom is -0.462 e. The summed E-state index contributed by atoms with van der Waals surface area (Å²) in [6.45, 7) is 2.27. The average molecular weight is 334 g/mol. The van der Waals surface area contributed by atoms with Crippen LogP contribution in [0.2, 0.25) is 0 Å². The summed E-state index contributed by atoms with van der Waals surface area (Å²) in [6, 6.07) is 9.33. The number of nitrogens with one attached hydrogen (secondary N) is 1. The van der Waals surface area contributed by atoms with Crippen molar-refractivity contribution in [3.8, 4) is 0 Å². The van der Waals surface area contributed by atoms with E-state index in [2.05, 4.69) is 9.71 Å². The summed E-state index contributed by atoms with van der Waals surface area (Å²) in [7, 11) is -3.60. The molecule has 122 valence electrons. The Morgan fingerprint density at radius 1 is 1.13 bits per heavy atom. The van der Waals surface area contributed by atoms with E-state index in [0.29, 0.717) is 12.0 Å². The predicted molar refractivity (Wildman–Crippen MR) is 85.5 cm³/mol. The molecule has 0 spiro atoms. The molecule has 0 atom stereocenters. The number of carbonyl (C=O) groups is 1. The van der Waals surface area contributed by atoms with Crippen molar-refractivity contribution in [1.29, 1.82) is 0 Å². The number of sulfonamides is 1. The van der Waals surface area contributed by atoms with Crippen molar-refractivity contribution in [2.45, 2.75) is 18.2 Å². The zero-order valence-electron chi connectivity index (χ0n) is 12.7. The summed E-state index contributed by atoms with van der Waals surface area (Å²) in [5.41, 5.74) is 1.32. The molecule has 1 aromatic carbocycles. The molecule has 0 amide bonds. The van der Waals surface area contributed by atoms with E-state index in [0.717, 1.165) is 5.56 Å². The van der Waals surface area contributed by atoms with Crippen LogP contribution in [-0.2, 0) is 21.2 Å². The van der Waals surface area contributed by atoms with Gasteiger partial charge in [0, 0.05) is 18.9 Å². The molecule has 23 heavy (non-hydrogen) atoms. The first-order valence-corrected chi connectivity index (χ1v) is 8.67. The van der Waals surface area contributed by atoms with E-state index in [-0.39, 0.29) is 18.0 Å². The Kier molecular flexibility index (Phi) is 5.84. The maximum Gasteiger partial charge on any atom is 0.338 e. The second-order valence-electron chi connectivity index (χ2n) is 4.75. The predicted octanol–water partition coefficient (Wildman–Crippen LogP) is 1.78. The van der Waals surface area contributed by atoms with Gasteiger partial charge < -0.3 is 4.74 Å². The molecule has 0 saturated heterocycles. The number of rotatable bonds is 7. The first kappa shape index (κ1) is 17.1. The summed E-state index contributed by atoms with van der Waals surface area (Å²) in [6.07, 6.45) is 3.90. The highest BCUT2D eigenvalue weighted by atomic mass is 32.2. The van der Waals surface area contributed by atoms with Gasteiger partial charge in [-0.15, -0.1) is 0 Å². The van der Waals surface area contributed by atoms with Crippen molar-refractivity contribution >= 4 is 16.0 Å². The van der Waals surface area contributed by atoms with Gasteiger partial charge in [-0.05, 0) is 55.3 Å². The number of carbonyl (C=O) groups excluding carboxylic acids is 1. The lowest BCUT2D eigenvalue weighted by Crippen LogP contribution is -2.26. The fourth-order valence-electron chi connectivity index (χ4n) is 1.95. The Morgan fingerprint density at radius 3 is 2.39 bits per heavy atom. The zero-order chi connectivity index (χ0) is 16.7. The molecule has 1 heterocycles. The summed E-state index contributed by atoms with van der Waals surface area (Å²) in [4.78, 5) is 15.6. The molecule has 7 heteroatoms.